The SMILES string of the molecule is CC1=C(c2cc(Oc3c(Cl)cc(-n4nc(C#N)c(=O)[nH]c4=O)cc3Cl)c(F)c(F)c2C)C(C)(C)COC1. The lowest BCUT2D eigenvalue weighted by atomic mass is 9.76. The maximum atomic E-state index is 15.0. The Morgan fingerprint density at radius 3 is 2.41 bits per heavy atom. The van der Waals surface area contributed by atoms with E-state index in [1.165, 1.54) is 25.1 Å². The van der Waals surface area contributed by atoms with Crippen LogP contribution in [0.5, 0.6) is 11.5 Å². The van der Waals surface area contributed by atoms with E-state index < -0.39 is 39.7 Å². The molecule has 0 radical (unpaired) electrons. The molecular weight excluding hydrogens is 529 g/mol. The lowest BCUT2D eigenvalue weighted by Gasteiger charge is -2.35. The van der Waals surface area contributed by atoms with Crippen LogP contribution in [0, 0.1) is 35.3 Å². The summed E-state index contributed by atoms with van der Waals surface area (Å²) < 4.78 is 42.1. The Kier molecular flexibility index (Phi) is 6.99. The van der Waals surface area contributed by atoms with Crippen molar-refractivity contribution in [3.8, 4) is 23.3 Å². The molecule has 0 amide bonds. The minimum Gasteiger partial charge on any atom is -0.451 e. The van der Waals surface area contributed by atoms with Gasteiger partial charge in [-0.2, -0.15) is 14.3 Å². The number of halogens is 4. The number of nitriles is 1. The Balaban J connectivity index is 1.82. The van der Waals surface area contributed by atoms with Crippen LogP contribution in [0.15, 0.2) is 33.4 Å². The Morgan fingerprint density at radius 1 is 1.16 bits per heavy atom. The molecular formula is C25H20Cl2F2N4O4. The zero-order valence-corrected chi connectivity index (χ0v) is 21.6. The number of benzene rings is 2. The lowest BCUT2D eigenvalue weighted by Crippen LogP contribution is -2.33. The molecule has 0 spiro atoms. The summed E-state index contributed by atoms with van der Waals surface area (Å²) in [7, 11) is 0. The second-order valence-electron chi connectivity index (χ2n) is 9.18. The van der Waals surface area contributed by atoms with Gasteiger partial charge in [-0.15, -0.1) is 5.10 Å². The molecule has 12 heteroatoms. The van der Waals surface area contributed by atoms with Gasteiger partial charge in [0.05, 0.1) is 28.9 Å². The number of hydrogen-bond donors (Lipinski definition) is 1. The van der Waals surface area contributed by atoms with E-state index in [2.05, 4.69) is 5.10 Å². The molecule has 0 unspecified atom stereocenters. The molecule has 0 fully saturated rings. The third-order valence-electron chi connectivity index (χ3n) is 5.95. The van der Waals surface area contributed by atoms with Crippen LogP contribution in [0.3, 0.4) is 0 Å². The first kappa shape index (κ1) is 26.5. The summed E-state index contributed by atoms with van der Waals surface area (Å²) in [6.07, 6.45) is 0. The van der Waals surface area contributed by atoms with Gasteiger partial charge >= 0.3 is 5.69 Å². The summed E-state index contributed by atoms with van der Waals surface area (Å²) in [5.74, 6) is -2.94. The standard InChI is InChI=1S/C25H20Cl2F2N4O4/c1-11-9-36-10-25(3,4)19(11)14-7-18(21(29)20(28)12(14)2)37-22-15(26)5-13(6-16(22)27)33-24(35)31-23(34)17(8-30)32-33/h5-7H,9-10H2,1-4H3,(H,31,34,35). The van der Waals surface area contributed by atoms with Crippen LogP contribution in [0.1, 0.15) is 37.6 Å². The Hall–Kier alpha value is -3.52. The fraction of sp³-hybridized carbons (Fsp3) is 0.280. The maximum Gasteiger partial charge on any atom is 0.349 e. The number of H-pyrrole nitrogens is 1. The van der Waals surface area contributed by atoms with Crippen LogP contribution in [-0.2, 0) is 4.74 Å². The highest BCUT2D eigenvalue weighted by atomic mass is 35.5. The molecule has 1 aromatic heterocycles. The van der Waals surface area contributed by atoms with Crippen molar-refractivity contribution in [2.24, 2.45) is 5.41 Å². The van der Waals surface area contributed by atoms with Crippen molar-refractivity contribution in [1.82, 2.24) is 14.8 Å². The molecule has 3 aromatic rings. The topological polar surface area (TPSA) is 110 Å². The maximum absolute atomic E-state index is 15.0. The van der Waals surface area contributed by atoms with Crippen molar-refractivity contribution in [1.29, 1.82) is 5.26 Å². The minimum absolute atomic E-state index is 0.00100. The second-order valence-corrected chi connectivity index (χ2v) is 9.99. The summed E-state index contributed by atoms with van der Waals surface area (Å²) in [5, 5.41) is 12.4. The third kappa shape index (κ3) is 4.78. The summed E-state index contributed by atoms with van der Waals surface area (Å²) in [4.78, 5) is 25.8. The van der Waals surface area contributed by atoms with E-state index in [1.54, 1.807) is 6.07 Å². The van der Waals surface area contributed by atoms with E-state index in [0.29, 0.717) is 23.5 Å². The zero-order chi connectivity index (χ0) is 27.2. The normalized spacial score (nSPS) is 15.0. The summed E-state index contributed by atoms with van der Waals surface area (Å²) in [6.45, 7) is 8.01. The molecule has 1 aliphatic heterocycles. The van der Waals surface area contributed by atoms with Crippen LogP contribution >= 0.6 is 23.2 Å². The van der Waals surface area contributed by atoms with Crippen molar-refractivity contribution in [2.45, 2.75) is 27.7 Å². The number of aromatic nitrogens is 3. The van der Waals surface area contributed by atoms with Crippen molar-refractivity contribution in [3.05, 3.63) is 83.1 Å². The molecule has 0 bridgehead atoms. The Labute approximate surface area is 219 Å². The van der Waals surface area contributed by atoms with Crippen molar-refractivity contribution in [2.75, 3.05) is 13.2 Å². The molecule has 0 saturated carbocycles. The zero-order valence-electron chi connectivity index (χ0n) is 20.1. The lowest BCUT2D eigenvalue weighted by molar-refractivity contribution is 0.0910. The minimum atomic E-state index is -1.22. The molecule has 192 valence electrons. The molecule has 1 N–H and O–H groups in total. The monoisotopic (exact) mass is 548 g/mol. The van der Waals surface area contributed by atoms with Gasteiger partial charge < -0.3 is 9.47 Å². The van der Waals surface area contributed by atoms with Gasteiger partial charge in [0.1, 0.15) is 6.07 Å². The van der Waals surface area contributed by atoms with Crippen LogP contribution in [0.2, 0.25) is 10.0 Å². The van der Waals surface area contributed by atoms with Crippen LogP contribution in [0.4, 0.5) is 8.78 Å². The van der Waals surface area contributed by atoms with E-state index in [4.69, 9.17) is 37.9 Å². The highest BCUT2D eigenvalue weighted by molar-refractivity contribution is 6.37. The number of nitrogens with zero attached hydrogens (tertiary/aromatic N) is 3. The highest BCUT2D eigenvalue weighted by Crippen LogP contribution is 2.45. The summed E-state index contributed by atoms with van der Waals surface area (Å²) in [5.41, 5.74) is -0.619. The first-order valence-corrected chi connectivity index (χ1v) is 11.7. The smallest absolute Gasteiger partial charge is 0.349 e. The average molecular weight is 549 g/mol. The molecule has 37 heavy (non-hydrogen) atoms. The van der Waals surface area contributed by atoms with E-state index in [9.17, 15) is 9.59 Å². The second kappa shape index (κ2) is 9.74. The molecule has 0 aliphatic carbocycles. The number of hydrogen-bond acceptors (Lipinski definition) is 6. The van der Waals surface area contributed by atoms with Gasteiger partial charge in [0.15, 0.2) is 17.3 Å². The predicted octanol–water partition coefficient (Wildman–Crippen LogP) is 5.31. The van der Waals surface area contributed by atoms with E-state index in [-0.39, 0.29) is 27.0 Å². The van der Waals surface area contributed by atoms with Crippen LogP contribution in [-0.4, -0.2) is 28.0 Å². The van der Waals surface area contributed by atoms with Crippen molar-refractivity contribution in [3.63, 3.8) is 0 Å². The number of aromatic amines is 1. The van der Waals surface area contributed by atoms with Crippen molar-refractivity contribution < 1.29 is 18.3 Å². The van der Waals surface area contributed by atoms with Gasteiger partial charge in [-0.1, -0.05) is 37.0 Å². The first-order chi connectivity index (χ1) is 17.4. The molecule has 2 heterocycles. The van der Waals surface area contributed by atoms with Gasteiger partial charge in [-0.25, -0.2) is 9.18 Å². The Bertz CT molecular complexity index is 1610. The highest BCUT2D eigenvalue weighted by Gasteiger charge is 2.33. The third-order valence-corrected chi connectivity index (χ3v) is 6.51. The van der Waals surface area contributed by atoms with E-state index in [0.717, 1.165) is 11.1 Å². The largest absolute Gasteiger partial charge is 0.451 e. The average Bonchev–Trinajstić information content (AvgIpc) is 2.81. The first-order valence-electron chi connectivity index (χ1n) is 10.9. The van der Waals surface area contributed by atoms with E-state index >= 15 is 8.78 Å². The van der Waals surface area contributed by atoms with Gasteiger partial charge in [0.25, 0.3) is 5.56 Å². The summed E-state index contributed by atoms with van der Waals surface area (Å²) in [6, 6.07) is 5.40. The fourth-order valence-electron chi connectivity index (χ4n) is 4.33. The van der Waals surface area contributed by atoms with Gasteiger partial charge in [-0.3, -0.25) is 9.78 Å². The van der Waals surface area contributed by atoms with Crippen LogP contribution < -0.4 is 16.0 Å². The molecule has 4 rings (SSSR count). The molecule has 2 aromatic carbocycles. The molecule has 1 aliphatic rings. The van der Waals surface area contributed by atoms with Crippen molar-refractivity contribution >= 4 is 28.8 Å². The van der Waals surface area contributed by atoms with Gasteiger partial charge in [-0.05, 0) is 54.3 Å². The quantitative estimate of drug-likeness (QED) is 0.473. The van der Waals surface area contributed by atoms with E-state index in [1.807, 2.05) is 25.8 Å². The molecule has 8 nitrogen and oxygen atoms in total. The van der Waals surface area contributed by atoms with Gasteiger partial charge in [0.2, 0.25) is 11.5 Å². The molecule has 0 atom stereocenters. The number of rotatable bonds is 4. The predicted molar refractivity (Wildman–Crippen MR) is 134 cm³/mol. The van der Waals surface area contributed by atoms with Gasteiger partial charge in [0, 0.05) is 5.41 Å². The Morgan fingerprint density at radius 2 is 1.81 bits per heavy atom. The molecule has 0 saturated heterocycles. The number of nitrogens with one attached hydrogen (secondary N) is 1. The fourth-order valence-corrected chi connectivity index (χ4v) is 4.88. The summed E-state index contributed by atoms with van der Waals surface area (Å²) >= 11 is 12.7. The number of ether oxygens (including phenoxy) is 2. The van der Waals surface area contributed by atoms with Crippen LogP contribution in [0.25, 0.3) is 11.3 Å².